The van der Waals surface area contributed by atoms with E-state index in [1.807, 2.05) is 54.6 Å². The van der Waals surface area contributed by atoms with Gasteiger partial charge in [0.15, 0.2) is 0 Å². The average Bonchev–Trinajstić information content (AvgIpc) is 3.29. The summed E-state index contributed by atoms with van der Waals surface area (Å²) in [6.07, 6.45) is 4.03. The maximum atomic E-state index is 13.8. The van der Waals surface area contributed by atoms with E-state index < -0.39 is 0 Å². The molecule has 1 saturated heterocycles. The maximum absolute atomic E-state index is 13.8. The fraction of sp³-hybridized carbons (Fsp3) is 0.125. The molecule has 0 bridgehead atoms. The van der Waals surface area contributed by atoms with Crippen molar-refractivity contribution >= 4 is 67.9 Å². The van der Waals surface area contributed by atoms with Crippen molar-refractivity contribution < 1.29 is 4.79 Å². The molecule has 2 aliphatic rings. The van der Waals surface area contributed by atoms with Crippen LogP contribution >= 0.6 is 35.3 Å². The number of rotatable bonds is 2. The van der Waals surface area contributed by atoms with Gasteiger partial charge in [0.2, 0.25) is 0 Å². The number of para-hydroxylation sites is 2. The topological polar surface area (TPSA) is 45.5 Å². The van der Waals surface area contributed by atoms with Gasteiger partial charge in [0.25, 0.3) is 11.5 Å². The lowest BCUT2D eigenvalue weighted by Gasteiger charge is -2.28. The minimum atomic E-state index is -0.181. The third-order valence-corrected chi connectivity index (χ3v) is 8.30. The van der Waals surface area contributed by atoms with Gasteiger partial charge in [-0.25, -0.2) is 0 Å². The lowest BCUT2D eigenvalue weighted by Crippen LogP contribution is -2.36. The molecular weight excluding hydrogens is 458 g/mol. The van der Waals surface area contributed by atoms with Crippen LogP contribution in [0.3, 0.4) is 0 Å². The van der Waals surface area contributed by atoms with Crippen LogP contribution in [-0.4, -0.2) is 33.3 Å². The number of likely N-dealkylation sites (N-methyl/N-ethyl adjacent to an activating group) is 1. The summed E-state index contributed by atoms with van der Waals surface area (Å²) in [5.74, 6) is -0.181. The van der Waals surface area contributed by atoms with Crippen molar-refractivity contribution in [2.24, 2.45) is 0 Å². The van der Waals surface area contributed by atoms with E-state index in [1.165, 1.54) is 28.0 Å². The number of anilines is 1. The van der Waals surface area contributed by atoms with Crippen LogP contribution in [-0.2, 0) is 4.79 Å². The lowest BCUT2D eigenvalue weighted by atomic mass is 10.1. The number of fused-ring (bicyclic) bond motifs is 1. The molecule has 5 rings (SSSR count). The van der Waals surface area contributed by atoms with E-state index in [-0.39, 0.29) is 11.5 Å². The molecule has 0 spiro atoms. The van der Waals surface area contributed by atoms with Gasteiger partial charge in [0.05, 0.1) is 11.4 Å². The van der Waals surface area contributed by atoms with Crippen LogP contribution < -0.4 is 19.7 Å². The van der Waals surface area contributed by atoms with Gasteiger partial charge in [-0.15, -0.1) is 11.3 Å². The number of aromatic nitrogens is 1. The molecule has 3 heterocycles. The number of amides is 1. The first-order valence-electron chi connectivity index (χ1n) is 10.1. The van der Waals surface area contributed by atoms with Crippen molar-refractivity contribution in [3.63, 3.8) is 0 Å². The van der Waals surface area contributed by atoms with Gasteiger partial charge in [0.1, 0.15) is 18.4 Å². The van der Waals surface area contributed by atoms with Crippen LogP contribution in [0.15, 0.2) is 65.5 Å². The van der Waals surface area contributed by atoms with Gasteiger partial charge in [-0.1, -0.05) is 66.5 Å². The molecule has 1 aromatic heterocycles. The molecule has 2 aromatic carbocycles. The summed E-state index contributed by atoms with van der Waals surface area (Å²) < 4.78 is 3.32. The van der Waals surface area contributed by atoms with E-state index in [0.29, 0.717) is 25.0 Å². The minimum absolute atomic E-state index is 0.143. The number of nitrogens with zero attached hydrogens (tertiary/aromatic N) is 3. The van der Waals surface area contributed by atoms with Crippen molar-refractivity contribution in [2.75, 3.05) is 18.5 Å². The monoisotopic (exact) mass is 477 g/mol. The first-order valence-corrected chi connectivity index (χ1v) is 12.2. The van der Waals surface area contributed by atoms with Gasteiger partial charge < -0.3 is 4.90 Å². The van der Waals surface area contributed by atoms with E-state index in [1.54, 1.807) is 11.6 Å². The Morgan fingerprint density at radius 1 is 0.969 bits per heavy atom. The number of thiazole rings is 1. The zero-order valence-corrected chi connectivity index (χ0v) is 19.9. The largest absolute Gasteiger partial charge is 0.340 e. The Balaban J connectivity index is 1.88. The second kappa shape index (κ2) is 8.20. The predicted molar refractivity (Wildman–Crippen MR) is 137 cm³/mol. The fourth-order valence-electron chi connectivity index (χ4n) is 3.87. The number of thioether (sulfide) groups is 1. The Bertz CT molecular complexity index is 1470. The van der Waals surface area contributed by atoms with E-state index in [2.05, 4.69) is 24.0 Å². The molecule has 5 nitrogen and oxygen atoms in total. The summed E-state index contributed by atoms with van der Waals surface area (Å²) in [5, 5.41) is 0. The highest BCUT2D eigenvalue weighted by molar-refractivity contribution is 8.30. The van der Waals surface area contributed by atoms with Crippen molar-refractivity contribution in [3.8, 4) is 5.69 Å². The predicted octanol–water partition coefficient (Wildman–Crippen LogP) is 3.16. The van der Waals surface area contributed by atoms with Gasteiger partial charge in [-0.3, -0.25) is 19.1 Å². The zero-order valence-electron chi connectivity index (χ0n) is 17.4. The maximum Gasteiger partial charge on any atom is 0.275 e. The van der Waals surface area contributed by atoms with Crippen molar-refractivity contribution in [1.29, 1.82) is 0 Å². The smallest absolute Gasteiger partial charge is 0.275 e. The summed E-state index contributed by atoms with van der Waals surface area (Å²) in [4.78, 5) is 30.8. The Kier molecular flexibility index (Phi) is 5.36. The summed E-state index contributed by atoms with van der Waals surface area (Å²) in [7, 11) is 1.67. The molecule has 0 N–H and O–H groups in total. The molecule has 1 amide bonds. The van der Waals surface area contributed by atoms with Crippen LogP contribution in [0.1, 0.15) is 12.5 Å². The van der Waals surface area contributed by atoms with E-state index in [9.17, 15) is 9.59 Å². The highest BCUT2D eigenvalue weighted by Crippen LogP contribution is 2.32. The summed E-state index contributed by atoms with van der Waals surface area (Å²) >= 11 is 7.93. The Morgan fingerprint density at radius 3 is 2.38 bits per heavy atom. The molecule has 160 valence electrons. The SMILES string of the molecule is CCN1/C(=c2/s/c(=C3\SC(=S)N(C)C3=O)n(-c3ccccc3)c2=O)C=Cc2ccccc21. The van der Waals surface area contributed by atoms with Crippen molar-refractivity contribution in [2.45, 2.75) is 6.92 Å². The number of carbonyl (C=O) groups is 1. The third kappa shape index (κ3) is 3.26. The van der Waals surface area contributed by atoms with Gasteiger partial charge in [-0.2, -0.15) is 0 Å². The molecule has 2 aliphatic heterocycles. The Morgan fingerprint density at radius 2 is 1.69 bits per heavy atom. The van der Waals surface area contributed by atoms with Gasteiger partial charge >= 0.3 is 0 Å². The number of thiocarbonyl (C=S) groups is 1. The number of hydrogen-bond acceptors (Lipinski definition) is 6. The molecule has 0 atom stereocenters. The average molecular weight is 478 g/mol. The fourth-order valence-corrected chi connectivity index (χ4v) is 6.37. The molecule has 32 heavy (non-hydrogen) atoms. The second-order valence-corrected chi connectivity index (χ2v) is 9.94. The summed E-state index contributed by atoms with van der Waals surface area (Å²) in [6.45, 7) is 2.78. The molecule has 1 fully saturated rings. The second-order valence-electron chi connectivity index (χ2n) is 7.30. The lowest BCUT2D eigenvalue weighted by molar-refractivity contribution is -0.119. The number of benzene rings is 2. The quantitative estimate of drug-likeness (QED) is 0.531. The number of carbonyl (C=O) groups excluding carboxylic acids is 1. The highest BCUT2D eigenvalue weighted by atomic mass is 32.2. The van der Waals surface area contributed by atoms with Crippen LogP contribution in [0.2, 0.25) is 0 Å². The molecule has 0 aliphatic carbocycles. The van der Waals surface area contributed by atoms with Crippen LogP contribution in [0.4, 0.5) is 5.69 Å². The minimum Gasteiger partial charge on any atom is -0.340 e. The van der Waals surface area contributed by atoms with E-state index >= 15 is 0 Å². The third-order valence-electron chi connectivity index (χ3n) is 5.46. The molecule has 3 aromatic rings. The summed E-state index contributed by atoms with van der Waals surface area (Å²) in [5.41, 5.74) is 3.59. The van der Waals surface area contributed by atoms with Crippen molar-refractivity contribution in [3.05, 3.63) is 85.8 Å². The Labute approximate surface area is 198 Å². The van der Waals surface area contributed by atoms with Crippen molar-refractivity contribution in [1.82, 2.24) is 9.47 Å². The number of hydrogen-bond donors (Lipinski definition) is 0. The standard InChI is InChI=1S/C24H19N3O2S3/c1-3-26-17-12-8-7-9-15(17)13-14-18(26)19-22(29)27(16-10-5-4-6-11-16)23(31-19)20-21(28)25(2)24(30)32-20/h4-14H,3H2,1-2H3/b19-18+,23-20-. The molecule has 0 unspecified atom stereocenters. The van der Waals surface area contributed by atoms with Crippen LogP contribution in [0, 0.1) is 0 Å². The summed E-state index contributed by atoms with van der Waals surface area (Å²) in [6, 6.07) is 17.6. The highest BCUT2D eigenvalue weighted by Gasteiger charge is 2.32. The normalized spacial score (nSPS) is 19.1. The Hall–Kier alpha value is -2.94. The molecule has 8 heteroatoms. The zero-order chi connectivity index (χ0) is 22.4. The first-order chi connectivity index (χ1) is 15.5. The van der Waals surface area contributed by atoms with Gasteiger partial charge in [0, 0.05) is 19.3 Å². The van der Waals surface area contributed by atoms with Crippen LogP contribution in [0.5, 0.6) is 0 Å². The molecular formula is C24H19N3O2S3. The van der Waals surface area contributed by atoms with E-state index in [0.717, 1.165) is 22.6 Å². The van der Waals surface area contributed by atoms with E-state index in [4.69, 9.17) is 12.2 Å². The molecule has 0 radical (unpaired) electrons. The molecule has 0 saturated carbocycles. The van der Waals surface area contributed by atoms with Crippen LogP contribution in [0.25, 0.3) is 22.4 Å². The van der Waals surface area contributed by atoms with Gasteiger partial charge in [-0.05, 0) is 36.8 Å². The first kappa shape index (κ1) is 20.9.